The highest BCUT2D eigenvalue weighted by Crippen LogP contribution is 2.47. The van der Waals surface area contributed by atoms with Crippen molar-refractivity contribution in [2.45, 2.75) is 29.1 Å². The summed E-state index contributed by atoms with van der Waals surface area (Å²) in [5.41, 5.74) is -1.23. The number of fused-ring (bicyclic) bond motifs is 1. The van der Waals surface area contributed by atoms with Gasteiger partial charge in [0, 0.05) is 25.5 Å². The minimum Gasteiger partial charge on any atom is -0.477 e. The van der Waals surface area contributed by atoms with Crippen molar-refractivity contribution in [3.63, 3.8) is 0 Å². The maximum absolute atomic E-state index is 13.1. The van der Waals surface area contributed by atoms with Crippen LogP contribution in [0, 0.1) is 6.92 Å². The van der Waals surface area contributed by atoms with E-state index in [1.165, 1.54) is 53.5 Å². The number of hydrogen-bond donors (Lipinski definition) is 2. The highest BCUT2D eigenvalue weighted by atomic mass is 32.2. The number of carboxylic acids is 1. The van der Waals surface area contributed by atoms with E-state index in [4.69, 9.17) is 9.15 Å². The Hall–Kier alpha value is -2.63. The number of tetrazole rings is 1. The fraction of sp³-hybridized carbons (Fsp3) is 0.500. The zero-order chi connectivity index (χ0) is 23.6. The summed E-state index contributed by atoms with van der Waals surface area (Å²) in [6, 6.07) is 0. The fourth-order valence-electron chi connectivity index (χ4n) is 3.25. The van der Waals surface area contributed by atoms with Gasteiger partial charge in [0.1, 0.15) is 16.9 Å². The number of aryl methyl sites for hydroxylation is 1. The van der Waals surface area contributed by atoms with Gasteiger partial charge in [-0.15, -0.1) is 43.9 Å². The fourth-order valence-corrected chi connectivity index (χ4v) is 6.26. The smallest absolute Gasteiger partial charge is 0.352 e. The van der Waals surface area contributed by atoms with Gasteiger partial charge in [-0.3, -0.25) is 14.5 Å². The Morgan fingerprint density at radius 3 is 2.91 bits per heavy atom. The molecular weight excluding hydrogens is 496 g/mol. The lowest BCUT2D eigenvalue weighted by Gasteiger charge is -2.55. The molecule has 1 fully saturated rings. The van der Waals surface area contributed by atoms with Crippen LogP contribution in [0.3, 0.4) is 0 Å². The van der Waals surface area contributed by atoms with Crippen LogP contribution in [0.25, 0.3) is 0 Å². The lowest BCUT2D eigenvalue weighted by Crippen LogP contribution is -2.80. The number of rotatable bonds is 10. The zero-order valence-electron chi connectivity index (χ0n) is 17.3. The number of aliphatic carboxylic acids is 1. The van der Waals surface area contributed by atoms with Crippen molar-refractivity contribution in [1.29, 1.82) is 0 Å². The number of carboxylic acid groups (broad SMARTS) is 1. The first-order chi connectivity index (χ1) is 15.9. The van der Waals surface area contributed by atoms with Gasteiger partial charge in [0.05, 0.1) is 5.75 Å². The summed E-state index contributed by atoms with van der Waals surface area (Å²) in [6.45, 7) is 1.65. The number of carbonyl (C=O) groups excluding carboxylic acids is 2. The second kappa shape index (κ2) is 9.70. The Morgan fingerprint density at radius 1 is 1.45 bits per heavy atom. The molecule has 4 heterocycles. The molecule has 33 heavy (non-hydrogen) atoms. The Kier molecular flexibility index (Phi) is 6.91. The summed E-state index contributed by atoms with van der Waals surface area (Å²) >= 11 is 3.72. The summed E-state index contributed by atoms with van der Waals surface area (Å²) in [6.07, 6.45) is 1.28. The van der Waals surface area contributed by atoms with Gasteiger partial charge in [-0.25, -0.2) is 4.79 Å². The number of nitrogens with one attached hydrogen (secondary N) is 1. The molecule has 2 aromatic heterocycles. The first-order valence-corrected chi connectivity index (χ1v) is 12.5. The Labute approximate surface area is 199 Å². The summed E-state index contributed by atoms with van der Waals surface area (Å²) < 4.78 is 10.7. The second-order valence-electron chi connectivity index (χ2n) is 6.75. The van der Waals surface area contributed by atoms with Crippen LogP contribution in [0.15, 0.2) is 27.2 Å². The van der Waals surface area contributed by atoms with Crippen molar-refractivity contribution >= 4 is 53.1 Å². The molecule has 2 aromatic rings. The number of ether oxygens (including phenoxy) is 1. The van der Waals surface area contributed by atoms with Crippen LogP contribution < -0.4 is 5.32 Å². The molecule has 14 nitrogen and oxygen atoms in total. The van der Waals surface area contributed by atoms with Gasteiger partial charge in [0.25, 0.3) is 16.9 Å². The molecule has 0 aliphatic carbocycles. The van der Waals surface area contributed by atoms with Gasteiger partial charge in [-0.1, -0.05) is 11.8 Å². The quantitative estimate of drug-likeness (QED) is 0.237. The van der Waals surface area contributed by atoms with Crippen LogP contribution in [0.1, 0.15) is 5.89 Å². The second-order valence-corrected chi connectivity index (χ2v) is 9.70. The van der Waals surface area contributed by atoms with Gasteiger partial charge in [0.15, 0.2) is 6.33 Å². The van der Waals surface area contributed by atoms with Gasteiger partial charge in [0.2, 0.25) is 11.8 Å². The number of amides is 2. The van der Waals surface area contributed by atoms with Crippen LogP contribution in [0.4, 0.5) is 0 Å². The monoisotopic (exact) mass is 514 g/mol. The van der Waals surface area contributed by atoms with Crippen LogP contribution in [-0.2, 0) is 25.0 Å². The van der Waals surface area contributed by atoms with Crippen LogP contribution >= 0.6 is 35.3 Å². The SMILES string of the molecule is CO[C@]1(NC(=O)CSCn2ncnn2)C(=O)N2C(C(=O)O)=C(CSc3nnc(C)o3)CSC21. The Bertz CT molecular complexity index is 1090. The number of nitrogens with zero attached hydrogens (tertiary/aromatic N) is 7. The van der Waals surface area contributed by atoms with E-state index in [1.54, 1.807) is 6.92 Å². The first kappa shape index (κ1) is 23.5. The molecule has 2 N–H and O–H groups in total. The first-order valence-electron chi connectivity index (χ1n) is 9.34. The molecule has 0 saturated carbocycles. The average Bonchev–Trinajstić information content (AvgIpc) is 3.46. The van der Waals surface area contributed by atoms with Crippen molar-refractivity contribution in [2.24, 2.45) is 0 Å². The number of thioether (sulfide) groups is 3. The van der Waals surface area contributed by atoms with Crippen molar-refractivity contribution < 1.29 is 28.6 Å². The molecule has 17 heteroatoms. The van der Waals surface area contributed by atoms with Gasteiger partial charge >= 0.3 is 5.97 Å². The maximum Gasteiger partial charge on any atom is 0.352 e. The van der Waals surface area contributed by atoms with E-state index < -0.39 is 28.9 Å². The molecule has 1 unspecified atom stereocenters. The van der Waals surface area contributed by atoms with Crippen molar-refractivity contribution in [3.05, 3.63) is 23.5 Å². The largest absolute Gasteiger partial charge is 0.477 e. The van der Waals surface area contributed by atoms with Crippen molar-refractivity contribution in [1.82, 2.24) is 40.6 Å². The molecule has 0 aromatic carbocycles. The molecule has 0 spiro atoms. The van der Waals surface area contributed by atoms with E-state index in [0.29, 0.717) is 28.3 Å². The van der Waals surface area contributed by atoms with E-state index in [9.17, 15) is 19.5 Å². The van der Waals surface area contributed by atoms with Crippen molar-refractivity contribution in [3.8, 4) is 0 Å². The molecule has 2 aliphatic heterocycles. The topological polar surface area (TPSA) is 178 Å². The third kappa shape index (κ3) is 4.57. The number of carbonyl (C=O) groups is 3. The normalized spacial score (nSPS) is 22.2. The number of aromatic nitrogens is 6. The lowest BCUT2D eigenvalue weighted by atomic mass is 9.98. The molecule has 2 aliphatic rings. The number of methoxy groups -OCH3 is 1. The van der Waals surface area contributed by atoms with Crippen LogP contribution in [0.2, 0.25) is 0 Å². The van der Waals surface area contributed by atoms with Gasteiger partial charge in [-0.05, 0) is 10.8 Å². The Morgan fingerprint density at radius 2 is 2.27 bits per heavy atom. The van der Waals surface area contributed by atoms with E-state index in [0.717, 1.165) is 4.90 Å². The minimum atomic E-state index is -1.64. The molecule has 176 valence electrons. The predicted octanol–water partition coefficient (Wildman–Crippen LogP) is -0.440. The minimum absolute atomic E-state index is 0.0183. The summed E-state index contributed by atoms with van der Waals surface area (Å²) in [7, 11) is 1.30. The number of β-lactam (4-membered cyclic amide) rings is 1. The standard InChI is InChI=1S/C16H18N8O6S3/c1-8-20-21-15(30-8)33-4-9-3-32-14-16(29-2,13(28)24(14)11(9)12(26)27)19-10(25)5-31-7-23-18-6-17-22-23/h6,14H,3-5,7H2,1-2H3,(H,19,25)(H,26,27)/t14?,16-/m1/s1. The number of hydrogen-bond acceptors (Lipinski definition) is 13. The molecular formula is C16H18N8O6S3. The highest BCUT2D eigenvalue weighted by molar-refractivity contribution is 8.01. The maximum atomic E-state index is 13.1. The summed E-state index contributed by atoms with van der Waals surface area (Å²) in [5.74, 6) is -1.02. The third-order valence-corrected chi connectivity index (χ3v) is 7.83. The summed E-state index contributed by atoms with van der Waals surface area (Å²) in [5, 5.41) is 30.8. The summed E-state index contributed by atoms with van der Waals surface area (Å²) in [4.78, 5) is 40.0. The molecule has 2 amide bonds. The average molecular weight is 515 g/mol. The van der Waals surface area contributed by atoms with Crippen LogP contribution in [-0.4, -0.2) is 93.7 Å². The van der Waals surface area contributed by atoms with Crippen LogP contribution in [0.5, 0.6) is 0 Å². The van der Waals surface area contributed by atoms with E-state index in [1.807, 2.05) is 0 Å². The molecule has 0 bridgehead atoms. The van der Waals surface area contributed by atoms with Crippen molar-refractivity contribution in [2.75, 3.05) is 24.4 Å². The van der Waals surface area contributed by atoms with E-state index in [-0.39, 0.29) is 17.2 Å². The molecule has 1 saturated heterocycles. The highest BCUT2D eigenvalue weighted by Gasteiger charge is 2.66. The lowest BCUT2D eigenvalue weighted by molar-refractivity contribution is -0.192. The zero-order valence-corrected chi connectivity index (χ0v) is 19.8. The van der Waals surface area contributed by atoms with Gasteiger partial charge in [-0.2, -0.15) is 4.80 Å². The third-order valence-electron chi connectivity index (χ3n) is 4.67. The molecule has 0 radical (unpaired) electrons. The molecule has 2 atom stereocenters. The molecule has 4 rings (SSSR count). The Balaban J connectivity index is 1.43. The van der Waals surface area contributed by atoms with E-state index >= 15 is 0 Å². The van der Waals surface area contributed by atoms with E-state index in [2.05, 4.69) is 30.9 Å². The van der Waals surface area contributed by atoms with Gasteiger partial charge < -0.3 is 19.6 Å². The predicted molar refractivity (Wildman–Crippen MR) is 116 cm³/mol.